The number of rotatable bonds is 6. The van der Waals surface area contributed by atoms with Crippen LogP contribution in [0.5, 0.6) is 5.75 Å². The maximum Gasteiger partial charge on any atom is 0.335 e. The summed E-state index contributed by atoms with van der Waals surface area (Å²) < 4.78 is 17.0. The Morgan fingerprint density at radius 3 is 2.87 bits per heavy atom. The lowest BCUT2D eigenvalue weighted by Crippen LogP contribution is -2.00. The molecule has 3 nitrogen and oxygen atoms in total. The van der Waals surface area contributed by atoms with Crippen LogP contribution in [0.25, 0.3) is 0 Å². The van der Waals surface area contributed by atoms with Gasteiger partial charge in [0.1, 0.15) is 5.75 Å². The van der Waals surface area contributed by atoms with Gasteiger partial charge in [0.25, 0.3) is 0 Å². The average molecular weight is 212 g/mol. The van der Waals surface area contributed by atoms with Gasteiger partial charge in [0.05, 0.1) is 18.8 Å². The molecule has 0 radical (unpaired) electrons. The first-order valence-electron chi connectivity index (χ1n) is 4.76. The van der Waals surface area contributed by atoms with Crippen LogP contribution in [0.15, 0.2) is 24.3 Å². The quantitative estimate of drug-likeness (QED) is 0.737. The predicted octanol–water partition coefficient (Wildman–Crippen LogP) is 2.51. The van der Waals surface area contributed by atoms with E-state index in [9.17, 15) is 9.18 Å². The van der Waals surface area contributed by atoms with E-state index in [2.05, 4.69) is 0 Å². The van der Waals surface area contributed by atoms with Crippen LogP contribution in [0.1, 0.15) is 23.2 Å². The second kappa shape index (κ2) is 6.01. The molecule has 82 valence electrons. The molecule has 0 amide bonds. The fraction of sp³-hybridized carbons (Fsp3) is 0.364. The molecule has 0 saturated carbocycles. The number of alkyl halides is 1. The number of halogens is 1. The second-order valence-electron chi connectivity index (χ2n) is 3.08. The Labute approximate surface area is 87.5 Å². The van der Waals surface area contributed by atoms with Crippen LogP contribution in [-0.2, 0) is 0 Å². The molecule has 1 N–H and O–H groups in total. The lowest BCUT2D eigenvalue weighted by molar-refractivity contribution is 0.0696. The number of ether oxygens (including phenoxy) is 1. The molecular weight excluding hydrogens is 199 g/mol. The standard InChI is InChI=1S/C11H13FO3/c12-6-1-2-7-15-10-5-3-4-9(8-10)11(13)14/h3-5,8H,1-2,6-7H2,(H,13,14). The number of carboxylic acids is 1. The van der Waals surface area contributed by atoms with Crippen molar-refractivity contribution in [1.82, 2.24) is 0 Å². The van der Waals surface area contributed by atoms with Crippen LogP contribution in [0.2, 0.25) is 0 Å². The predicted molar refractivity (Wildman–Crippen MR) is 54.1 cm³/mol. The van der Waals surface area contributed by atoms with Gasteiger partial charge in [0, 0.05) is 0 Å². The highest BCUT2D eigenvalue weighted by atomic mass is 19.1. The molecule has 4 heteroatoms. The van der Waals surface area contributed by atoms with Crippen LogP contribution >= 0.6 is 0 Å². The van der Waals surface area contributed by atoms with Crippen molar-refractivity contribution in [1.29, 1.82) is 0 Å². The third kappa shape index (κ3) is 3.97. The van der Waals surface area contributed by atoms with Crippen LogP contribution < -0.4 is 4.74 Å². The minimum atomic E-state index is -0.982. The molecule has 0 atom stereocenters. The maximum absolute atomic E-state index is 11.8. The van der Waals surface area contributed by atoms with Crippen molar-refractivity contribution in [3.63, 3.8) is 0 Å². The summed E-state index contributed by atoms with van der Waals surface area (Å²) in [5, 5.41) is 8.71. The topological polar surface area (TPSA) is 46.5 Å². The summed E-state index contributed by atoms with van der Waals surface area (Å²) in [6.45, 7) is 0.0610. The van der Waals surface area contributed by atoms with Gasteiger partial charge in [-0.15, -0.1) is 0 Å². The Hall–Kier alpha value is -1.58. The minimum absolute atomic E-state index is 0.193. The van der Waals surface area contributed by atoms with Gasteiger partial charge in [0.2, 0.25) is 0 Å². The van der Waals surface area contributed by atoms with E-state index in [1.807, 2.05) is 0 Å². The molecule has 0 spiro atoms. The van der Waals surface area contributed by atoms with E-state index in [0.717, 1.165) is 0 Å². The van der Waals surface area contributed by atoms with E-state index in [4.69, 9.17) is 9.84 Å². The van der Waals surface area contributed by atoms with Gasteiger partial charge >= 0.3 is 5.97 Å². The number of carbonyl (C=O) groups is 1. The van der Waals surface area contributed by atoms with E-state index >= 15 is 0 Å². The van der Waals surface area contributed by atoms with Crippen molar-refractivity contribution in [2.75, 3.05) is 13.3 Å². The second-order valence-corrected chi connectivity index (χ2v) is 3.08. The Morgan fingerprint density at radius 2 is 2.20 bits per heavy atom. The molecular formula is C11H13FO3. The van der Waals surface area contributed by atoms with Crippen LogP contribution in [0.4, 0.5) is 4.39 Å². The van der Waals surface area contributed by atoms with Crippen molar-refractivity contribution in [2.24, 2.45) is 0 Å². The van der Waals surface area contributed by atoms with Gasteiger partial charge in [0.15, 0.2) is 0 Å². The highest BCUT2D eigenvalue weighted by molar-refractivity contribution is 5.87. The largest absolute Gasteiger partial charge is 0.494 e. The summed E-state index contributed by atoms with van der Waals surface area (Å²) in [7, 11) is 0. The summed E-state index contributed by atoms with van der Waals surface area (Å²) in [5.41, 5.74) is 0.193. The van der Waals surface area contributed by atoms with Crippen molar-refractivity contribution in [2.45, 2.75) is 12.8 Å². The molecule has 0 bridgehead atoms. The minimum Gasteiger partial charge on any atom is -0.494 e. The van der Waals surface area contributed by atoms with Gasteiger partial charge < -0.3 is 9.84 Å². The lowest BCUT2D eigenvalue weighted by atomic mass is 10.2. The number of hydrogen-bond acceptors (Lipinski definition) is 2. The van der Waals surface area contributed by atoms with E-state index in [0.29, 0.717) is 25.2 Å². The highest BCUT2D eigenvalue weighted by Gasteiger charge is 2.03. The third-order valence-electron chi connectivity index (χ3n) is 1.88. The fourth-order valence-corrected chi connectivity index (χ4v) is 1.11. The smallest absolute Gasteiger partial charge is 0.335 e. The molecule has 0 aliphatic heterocycles. The first-order chi connectivity index (χ1) is 7.24. The van der Waals surface area contributed by atoms with Crippen molar-refractivity contribution >= 4 is 5.97 Å². The molecule has 0 saturated heterocycles. The van der Waals surface area contributed by atoms with Gasteiger partial charge in [-0.3, -0.25) is 4.39 Å². The van der Waals surface area contributed by atoms with Gasteiger partial charge in [-0.05, 0) is 31.0 Å². The summed E-state index contributed by atoms with van der Waals surface area (Å²) in [4.78, 5) is 10.6. The fourth-order valence-electron chi connectivity index (χ4n) is 1.11. The van der Waals surface area contributed by atoms with Crippen molar-refractivity contribution in [3.8, 4) is 5.75 Å². The number of carboxylic acid groups (broad SMARTS) is 1. The Balaban J connectivity index is 2.47. The van der Waals surface area contributed by atoms with Gasteiger partial charge in [-0.1, -0.05) is 6.07 Å². The lowest BCUT2D eigenvalue weighted by Gasteiger charge is -2.05. The van der Waals surface area contributed by atoms with Crippen molar-refractivity contribution < 1.29 is 19.0 Å². The molecule has 0 aliphatic carbocycles. The molecule has 0 aliphatic rings. The van der Waals surface area contributed by atoms with Gasteiger partial charge in [-0.25, -0.2) is 4.79 Å². The molecule has 0 fully saturated rings. The number of benzene rings is 1. The Kier molecular flexibility index (Phi) is 4.60. The molecule has 0 aromatic heterocycles. The third-order valence-corrected chi connectivity index (χ3v) is 1.88. The zero-order valence-electron chi connectivity index (χ0n) is 8.28. The number of unbranched alkanes of at least 4 members (excludes halogenated alkanes) is 1. The number of hydrogen-bond donors (Lipinski definition) is 1. The molecule has 1 rings (SSSR count). The zero-order valence-corrected chi connectivity index (χ0v) is 8.28. The van der Waals surface area contributed by atoms with Crippen LogP contribution in [-0.4, -0.2) is 24.4 Å². The summed E-state index contributed by atoms with van der Waals surface area (Å²) in [5.74, 6) is -0.474. The SMILES string of the molecule is O=C(O)c1cccc(OCCCCF)c1. The van der Waals surface area contributed by atoms with E-state index in [-0.39, 0.29) is 12.2 Å². The van der Waals surface area contributed by atoms with Crippen molar-refractivity contribution in [3.05, 3.63) is 29.8 Å². The summed E-state index contributed by atoms with van der Waals surface area (Å²) in [6, 6.07) is 6.25. The summed E-state index contributed by atoms with van der Waals surface area (Å²) >= 11 is 0. The van der Waals surface area contributed by atoms with E-state index < -0.39 is 5.97 Å². The average Bonchev–Trinajstić information content (AvgIpc) is 2.25. The molecule has 1 aromatic rings. The molecule has 15 heavy (non-hydrogen) atoms. The first-order valence-corrected chi connectivity index (χ1v) is 4.76. The van der Waals surface area contributed by atoms with E-state index in [1.165, 1.54) is 12.1 Å². The zero-order chi connectivity index (χ0) is 11.1. The summed E-state index contributed by atoms with van der Waals surface area (Å²) in [6.07, 6.45) is 1.10. The Bertz CT molecular complexity index is 325. The van der Waals surface area contributed by atoms with E-state index in [1.54, 1.807) is 12.1 Å². The number of aromatic carboxylic acids is 1. The van der Waals surface area contributed by atoms with Crippen LogP contribution in [0, 0.1) is 0 Å². The van der Waals surface area contributed by atoms with Crippen LogP contribution in [0.3, 0.4) is 0 Å². The molecule has 0 heterocycles. The Morgan fingerprint density at radius 1 is 1.40 bits per heavy atom. The van der Waals surface area contributed by atoms with Gasteiger partial charge in [-0.2, -0.15) is 0 Å². The normalized spacial score (nSPS) is 9.93. The molecule has 0 unspecified atom stereocenters. The first kappa shape index (κ1) is 11.5. The monoisotopic (exact) mass is 212 g/mol. The molecule has 1 aromatic carbocycles. The highest BCUT2D eigenvalue weighted by Crippen LogP contribution is 2.13. The maximum atomic E-state index is 11.8.